The van der Waals surface area contributed by atoms with E-state index in [1.54, 1.807) is 0 Å². The molecule has 0 spiro atoms. The van der Waals surface area contributed by atoms with Crippen molar-refractivity contribution in [3.8, 4) is 0 Å². The van der Waals surface area contributed by atoms with E-state index in [4.69, 9.17) is 4.98 Å². The third-order valence-corrected chi connectivity index (χ3v) is 3.31. The average molecular weight is 222 g/mol. The molecule has 1 fully saturated rings. The van der Waals surface area contributed by atoms with Crippen molar-refractivity contribution in [1.82, 2.24) is 20.1 Å². The second kappa shape index (κ2) is 4.17. The summed E-state index contributed by atoms with van der Waals surface area (Å²) in [5, 5.41) is 7.93. The molecule has 1 aliphatic heterocycles. The number of nitrogens with zero attached hydrogens (tertiary/aromatic N) is 3. The lowest BCUT2D eigenvalue weighted by atomic mass is 9.89. The average Bonchev–Trinajstić information content (AvgIpc) is 2.73. The fourth-order valence-corrected chi connectivity index (χ4v) is 2.42. The Labute approximate surface area is 97.5 Å². The summed E-state index contributed by atoms with van der Waals surface area (Å²) in [4.78, 5) is 4.72. The van der Waals surface area contributed by atoms with Gasteiger partial charge in [0.25, 0.3) is 0 Å². The van der Waals surface area contributed by atoms with Crippen LogP contribution in [0, 0.1) is 5.92 Å². The molecule has 0 amide bonds. The van der Waals surface area contributed by atoms with Gasteiger partial charge in [0.1, 0.15) is 5.82 Å². The molecule has 1 aromatic heterocycles. The molecule has 1 aromatic rings. The maximum atomic E-state index is 4.72. The summed E-state index contributed by atoms with van der Waals surface area (Å²) >= 11 is 0. The number of aryl methyl sites for hydroxylation is 1. The standard InChI is InChI=1S/C12H22N4/c1-9(2)7-10-14-11(16(4)15-10)12(3)5-6-13-8-12/h9,13H,5-8H2,1-4H3. The van der Waals surface area contributed by atoms with Gasteiger partial charge in [0, 0.05) is 25.4 Å². The van der Waals surface area contributed by atoms with Crippen molar-refractivity contribution >= 4 is 0 Å². The lowest BCUT2D eigenvalue weighted by Crippen LogP contribution is -2.28. The van der Waals surface area contributed by atoms with E-state index in [2.05, 4.69) is 31.2 Å². The predicted octanol–water partition coefficient (Wildman–Crippen LogP) is 1.26. The minimum Gasteiger partial charge on any atom is -0.316 e. The van der Waals surface area contributed by atoms with Crippen LogP contribution in [0.25, 0.3) is 0 Å². The van der Waals surface area contributed by atoms with Gasteiger partial charge in [-0.2, -0.15) is 5.10 Å². The zero-order valence-corrected chi connectivity index (χ0v) is 10.7. The first-order valence-electron chi connectivity index (χ1n) is 6.12. The van der Waals surface area contributed by atoms with Gasteiger partial charge in [-0.15, -0.1) is 0 Å². The van der Waals surface area contributed by atoms with Crippen molar-refractivity contribution in [3.05, 3.63) is 11.6 Å². The molecule has 4 heteroatoms. The van der Waals surface area contributed by atoms with E-state index < -0.39 is 0 Å². The summed E-state index contributed by atoms with van der Waals surface area (Å²) in [5.41, 5.74) is 0.164. The van der Waals surface area contributed by atoms with Gasteiger partial charge in [0.05, 0.1) is 0 Å². The minimum atomic E-state index is 0.164. The second-order valence-corrected chi connectivity index (χ2v) is 5.56. The molecule has 0 aromatic carbocycles. The van der Waals surface area contributed by atoms with E-state index in [9.17, 15) is 0 Å². The summed E-state index contributed by atoms with van der Waals surface area (Å²) in [6.45, 7) is 8.78. The van der Waals surface area contributed by atoms with E-state index in [1.165, 1.54) is 0 Å². The SMILES string of the molecule is CC(C)Cc1nc(C2(C)CCNC2)n(C)n1. The highest BCUT2D eigenvalue weighted by atomic mass is 15.3. The van der Waals surface area contributed by atoms with E-state index in [1.807, 2.05) is 11.7 Å². The highest BCUT2D eigenvalue weighted by Crippen LogP contribution is 2.28. The second-order valence-electron chi connectivity index (χ2n) is 5.56. The van der Waals surface area contributed by atoms with Crippen LogP contribution >= 0.6 is 0 Å². The van der Waals surface area contributed by atoms with Gasteiger partial charge in [0.15, 0.2) is 5.82 Å². The number of rotatable bonds is 3. The summed E-state index contributed by atoms with van der Waals surface area (Å²) in [5.74, 6) is 2.73. The Morgan fingerprint density at radius 2 is 2.25 bits per heavy atom. The smallest absolute Gasteiger partial charge is 0.151 e. The molecule has 0 saturated carbocycles. The maximum Gasteiger partial charge on any atom is 0.151 e. The monoisotopic (exact) mass is 222 g/mol. The molecule has 4 nitrogen and oxygen atoms in total. The van der Waals surface area contributed by atoms with Gasteiger partial charge in [-0.3, -0.25) is 4.68 Å². The summed E-state index contributed by atoms with van der Waals surface area (Å²) in [6.07, 6.45) is 2.12. The Hall–Kier alpha value is -0.900. The molecule has 0 radical (unpaired) electrons. The van der Waals surface area contributed by atoms with Crippen LogP contribution in [0.5, 0.6) is 0 Å². The molecule has 1 saturated heterocycles. The molecule has 16 heavy (non-hydrogen) atoms. The number of nitrogens with one attached hydrogen (secondary N) is 1. The van der Waals surface area contributed by atoms with Gasteiger partial charge in [0.2, 0.25) is 0 Å². The van der Waals surface area contributed by atoms with Crippen LogP contribution in [0.15, 0.2) is 0 Å². The number of hydrogen-bond acceptors (Lipinski definition) is 3. The van der Waals surface area contributed by atoms with Crippen LogP contribution in [-0.4, -0.2) is 27.9 Å². The molecular weight excluding hydrogens is 200 g/mol. The summed E-state index contributed by atoms with van der Waals surface area (Å²) in [6, 6.07) is 0. The number of aromatic nitrogens is 3. The third-order valence-electron chi connectivity index (χ3n) is 3.31. The molecule has 1 N–H and O–H groups in total. The Bertz CT molecular complexity index is 361. The minimum absolute atomic E-state index is 0.164. The van der Waals surface area contributed by atoms with Crippen molar-refractivity contribution in [2.75, 3.05) is 13.1 Å². The Kier molecular flexibility index (Phi) is 3.02. The lowest BCUT2D eigenvalue weighted by molar-refractivity contribution is 0.461. The van der Waals surface area contributed by atoms with Crippen LogP contribution in [-0.2, 0) is 18.9 Å². The maximum absolute atomic E-state index is 4.72. The highest BCUT2D eigenvalue weighted by molar-refractivity contribution is 5.12. The Balaban J connectivity index is 2.24. The van der Waals surface area contributed by atoms with E-state index >= 15 is 0 Å². The number of hydrogen-bond donors (Lipinski definition) is 1. The van der Waals surface area contributed by atoms with Gasteiger partial charge in [-0.05, 0) is 18.9 Å². The first-order valence-corrected chi connectivity index (χ1v) is 6.12. The summed E-state index contributed by atoms with van der Waals surface area (Å²) < 4.78 is 1.96. The molecular formula is C12H22N4. The quantitative estimate of drug-likeness (QED) is 0.837. The zero-order valence-electron chi connectivity index (χ0n) is 10.7. The van der Waals surface area contributed by atoms with E-state index in [-0.39, 0.29) is 5.41 Å². The van der Waals surface area contributed by atoms with E-state index in [0.29, 0.717) is 5.92 Å². The van der Waals surface area contributed by atoms with Crippen LogP contribution in [0.1, 0.15) is 38.8 Å². The normalized spacial score (nSPS) is 25.6. The van der Waals surface area contributed by atoms with Crippen LogP contribution in [0.3, 0.4) is 0 Å². The van der Waals surface area contributed by atoms with Crippen LogP contribution in [0.2, 0.25) is 0 Å². The van der Waals surface area contributed by atoms with Gasteiger partial charge in [-0.25, -0.2) is 4.98 Å². The highest BCUT2D eigenvalue weighted by Gasteiger charge is 2.35. The Morgan fingerprint density at radius 3 is 2.81 bits per heavy atom. The molecule has 2 heterocycles. The fraction of sp³-hybridized carbons (Fsp3) is 0.833. The largest absolute Gasteiger partial charge is 0.316 e. The molecule has 0 bridgehead atoms. The van der Waals surface area contributed by atoms with Gasteiger partial charge < -0.3 is 5.32 Å². The third kappa shape index (κ3) is 2.12. The van der Waals surface area contributed by atoms with E-state index in [0.717, 1.165) is 37.6 Å². The van der Waals surface area contributed by atoms with Crippen molar-refractivity contribution in [2.45, 2.75) is 39.0 Å². The predicted molar refractivity (Wildman–Crippen MR) is 64.4 cm³/mol. The topological polar surface area (TPSA) is 42.7 Å². The van der Waals surface area contributed by atoms with Gasteiger partial charge in [-0.1, -0.05) is 20.8 Å². The van der Waals surface area contributed by atoms with Crippen LogP contribution < -0.4 is 5.32 Å². The first-order chi connectivity index (χ1) is 7.51. The fourth-order valence-electron chi connectivity index (χ4n) is 2.42. The molecule has 2 rings (SSSR count). The summed E-state index contributed by atoms with van der Waals surface area (Å²) in [7, 11) is 2.01. The zero-order chi connectivity index (χ0) is 11.8. The molecule has 90 valence electrons. The molecule has 1 unspecified atom stereocenters. The van der Waals surface area contributed by atoms with Crippen molar-refractivity contribution in [3.63, 3.8) is 0 Å². The molecule has 1 aliphatic rings. The first kappa shape index (κ1) is 11.6. The van der Waals surface area contributed by atoms with Crippen molar-refractivity contribution in [1.29, 1.82) is 0 Å². The van der Waals surface area contributed by atoms with Gasteiger partial charge >= 0.3 is 0 Å². The molecule has 0 aliphatic carbocycles. The molecule has 1 atom stereocenters. The lowest BCUT2D eigenvalue weighted by Gasteiger charge is -2.20. The Morgan fingerprint density at radius 1 is 1.50 bits per heavy atom. The van der Waals surface area contributed by atoms with Crippen molar-refractivity contribution < 1.29 is 0 Å². The van der Waals surface area contributed by atoms with Crippen LogP contribution in [0.4, 0.5) is 0 Å². The van der Waals surface area contributed by atoms with Crippen molar-refractivity contribution in [2.24, 2.45) is 13.0 Å².